The fourth-order valence-corrected chi connectivity index (χ4v) is 4.64. The fraction of sp³-hybridized carbons (Fsp3) is 0.333. The standard InChI is InChI=1S/C24H27ClN4OS/c1-18-3-4-21(19(2)15-18)16-27-29-23(20-5-7-22(25)8-6-20)17-31-24(29)26-9-10-28-11-13-30-14-12-28/h3-8,15-17H,9-14H2,1-2H3/p+1/b26-24?,27-16-. The zero-order valence-electron chi connectivity index (χ0n) is 18.0. The first-order chi connectivity index (χ1) is 15.1. The summed E-state index contributed by atoms with van der Waals surface area (Å²) < 4.78 is 7.40. The lowest BCUT2D eigenvalue weighted by Gasteiger charge is -2.22. The van der Waals surface area contributed by atoms with Gasteiger partial charge in [0.25, 0.3) is 0 Å². The smallest absolute Gasteiger partial charge is 0.206 e. The molecule has 0 aliphatic carbocycles. The minimum atomic E-state index is 0.725. The number of ether oxygens (including phenoxy) is 1. The van der Waals surface area contributed by atoms with E-state index in [0.29, 0.717) is 0 Å². The highest BCUT2D eigenvalue weighted by atomic mass is 35.5. The van der Waals surface area contributed by atoms with Crippen molar-refractivity contribution in [3.63, 3.8) is 0 Å². The lowest BCUT2D eigenvalue weighted by atomic mass is 10.1. The average Bonchev–Trinajstić information content (AvgIpc) is 3.17. The number of morpholine rings is 1. The zero-order valence-corrected chi connectivity index (χ0v) is 19.5. The lowest BCUT2D eigenvalue weighted by Crippen LogP contribution is -3.14. The van der Waals surface area contributed by atoms with E-state index in [1.165, 1.54) is 11.1 Å². The summed E-state index contributed by atoms with van der Waals surface area (Å²) in [5.74, 6) is 0. The van der Waals surface area contributed by atoms with Crippen molar-refractivity contribution in [2.24, 2.45) is 10.1 Å². The van der Waals surface area contributed by atoms with Gasteiger partial charge in [-0.15, -0.1) is 11.3 Å². The molecular formula is C24H28ClN4OS+. The van der Waals surface area contributed by atoms with E-state index in [4.69, 9.17) is 26.4 Å². The van der Waals surface area contributed by atoms with Gasteiger partial charge in [-0.1, -0.05) is 47.5 Å². The molecule has 0 unspecified atom stereocenters. The molecule has 1 fully saturated rings. The van der Waals surface area contributed by atoms with E-state index in [-0.39, 0.29) is 0 Å². The number of quaternary nitrogens is 1. The summed E-state index contributed by atoms with van der Waals surface area (Å²) in [6.07, 6.45) is 1.92. The molecule has 2 aromatic carbocycles. The van der Waals surface area contributed by atoms with E-state index in [0.717, 1.165) is 66.0 Å². The molecule has 0 atom stereocenters. The molecule has 0 saturated carbocycles. The van der Waals surface area contributed by atoms with Crippen molar-refractivity contribution >= 4 is 29.2 Å². The van der Waals surface area contributed by atoms with Gasteiger partial charge in [0.05, 0.1) is 38.2 Å². The third-order valence-corrected chi connectivity index (χ3v) is 6.58. The molecule has 0 radical (unpaired) electrons. The van der Waals surface area contributed by atoms with Crippen LogP contribution in [0.25, 0.3) is 11.3 Å². The quantitative estimate of drug-likeness (QED) is 0.570. The van der Waals surface area contributed by atoms with Gasteiger partial charge in [0.15, 0.2) is 0 Å². The second kappa shape index (κ2) is 10.4. The molecule has 3 aromatic rings. The zero-order chi connectivity index (χ0) is 21.6. The van der Waals surface area contributed by atoms with Gasteiger partial charge in [-0.05, 0) is 37.1 Å². The summed E-state index contributed by atoms with van der Waals surface area (Å²) in [5.41, 5.74) is 5.65. The number of halogens is 1. The SMILES string of the molecule is Cc1ccc(/C=N\n2c(-c3ccc(Cl)cc3)csc2=NCC[NH+]2CCOCC2)c(C)c1. The monoisotopic (exact) mass is 455 g/mol. The average molecular weight is 456 g/mol. The summed E-state index contributed by atoms with van der Waals surface area (Å²) in [4.78, 5) is 7.35. The Labute approximate surface area is 192 Å². The van der Waals surface area contributed by atoms with Crippen LogP contribution in [0, 0.1) is 13.8 Å². The van der Waals surface area contributed by atoms with Gasteiger partial charge >= 0.3 is 0 Å². The van der Waals surface area contributed by atoms with Crippen LogP contribution in [0.15, 0.2) is 57.9 Å². The topological polar surface area (TPSA) is 43.3 Å². The summed E-state index contributed by atoms with van der Waals surface area (Å²) in [6, 6.07) is 14.3. The van der Waals surface area contributed by atoms with E-state index in [1.54, 1.807) is 16.2 Å². The van der Waals surface area contributed by atoms with Crippen LogP contribution in [0.1, 0.15) is 16.7 Å². The molecule has 4 rings (SSSR count). The number of hydrogen-bond acceptors (Lipinski definition) is 4. The minimum absolute atomic E-state index is 0.725. The highest BCUT2D eigenvalue weighted by Gasteiger charge is 2.13. The highest BCUT2D eigenvalue weighted by Crippen LogP contribution is 2.22. The van der Waals surface area contributed by atoms with Gasteiger partial charge in [0.2, 0.25) is 4.80 Å². The van der Waals surface area contributed by atoms with Crippen molar-refractivity contribution < 1.29 is 9.64 Å². The Balaban J connectivity index is 1.65. The summed E-state index contributed by atoms with van der Waals surface area (Å²) in [6.45, 7) is 9.80. The van der Waals surface area contributed by atoms with Crippen LogP contribution in [-0.4, -0.2) is 50.3 Å². The highest BCUT2D eigenvalue weighted by molar-refractivity contribution is 7.07. The number of thiazole rings is 1. The molecular weight excluding hydrogens is 428 g/mol. The molecule has 0 amide bonds. The summed E-state index contributed by atoms with van der Waals surface area (Å²) >= 11 is 7.71. The van der Waals surface area contributed by atoms with E-state index < -0.39 is 0 Å². The Morgan fingerprint density at radius 3 is 2.65 bits per heavy atom. The first-order valence-electron chi connectivity index (χ1n) is 10.6. The maximum Gasteiger partial charge on any atom is 0.206 e. The predicted molar refractivity (Wildman–Crippen MR) is 128 cm³/mol. The number of rotatable bonds is 6. The summed E-state index contributed by atoms with van der Waals surface area (Å²) in [7, 11) is 0. The van der Waals surface area contributed by atoms with Crippen LogP contribution in [0.2, 0.25) is 5.02 Å². The van der Waals surface area contributed by atoms with Gasteiger partial charge < -0.3 is 9.64 Å². The second-order valence-corrected chi connectivity index (χ2v) is 9.09. The summed E-state index contributed by atoms with van der Waals surface area (Å²) in [5, 5.41) is 7.68. The molecule has 31 heavy (non-hydrogen) atoms. The van der Waals surface area contributed by atoms with Crippen LogP contribution in [-0.2, 0) is 4.74 Å². The number of nitrogens with zero attached hydrogens (tertiary/aromatic N) is 3. The lowest BCUT2D eigenvalue weighted by molar-refractivity contribution is -0.906. The molecule has 0 spiro atoms. The third-order valence-electron chi connectivity index (χ3n) is 5.48. The van der Waals surface area contributed by atoms with E-state index >= 15 is 0 Å². The normalized spacial score (nSPS) is 15.8. The first kappa shape index (κ1) is 22.0. The van der Waals surface area contributed by atoms with Crippen LogP contribution in [0.5, 0.6) is 0 Å². The van der Waals surface area contributed by atoms with Crippen molar-refractivity contribution in [2.75, 3.05) is 39.4 Å². The maximum atomic E-state index is 6.09. The number of benzene rings is 2. The number of aromatic nitrogens is 1. The van der Waals surface area contributed by atoms with E-state index in [2.05, 4.69) is 37.4 Å². The van der Waals surface area contributed by atoms with Crippen LogP contribution >= 0.6 is 22.9 Å². The van der Waals surface area contributed by atoms with Gasteiger partial charge in [-0.3, -0.25) is 4.99 Å². The van der Waals surface area contributed by atoms with E-state index in [9.17, 15) is 0 Å². The van der Waals surface area contributed by atoms with Crippen molar-refractivity contribution in [2.45, 2.75) is 13.8 Å². The molecule has 1 N–H and O–H groups in total. The molecule has 5 nitrogen and oxygen atoms in total. The molecule has 162 valence electrons. The Morgan fingerprint density at radius 2 is 1.90 bits per heavy atom. The van der Waals surface area contributed by atoms with Crippen molar-refractivity contribution in [1.82, 2.24) is 4.68 Å². The Kier molecular flexibility index (Phi) is 7.35. The van der Waals surface area contributed by atoms with Crippen LogP contribution in [0.4, 0.5) is 0 Å². The van der Waals surface area contributed by atoms with Gasteiger partial charge in [0.1, 0.15) is 13.1 Å². The molecule has 7 heteroatoms. The number of hydrogen-bond donors (Lipinski definition) is 1. The molecule has 2 heterocycles. The maximum absolute atomic E-state index is 6.09. The molecule has 1 aliphatic heterocycles. The molecule has 0 bridgehead atoms. The van der Waals surface area contributed by atoms with Crippen molar-refractivity contribution in [3.05, 3.63) is 74.4 Å². The molecule has 1 aliphatic rings. The van der Waals surface area contributed by atoms with Gasteiger partial charge in [0, 0.05) is 16.0 Å². The Morgan fingerprint density at radius 1 is 1.13 bits per heavy atom. The Bertz CT molecular complexity index is 1110. The number of aryl methyl sites for hydroxylation is 2. The van der Waals surface area contributed by atoms with Crippen LogP contribution in [0.3, 0.4) is 0 Å². The third kappa shape index (κ3) is 5.71. The number of nitrogens with one attached hydrogen (secondary N) is 1. The molecule has 1 aromatic heterocycles. The van der Waals surface area contributed by atoms with Crippen LogP contribution < -0.4 is 9.70 Å². The fourth-order valence-electron chi connectivity index (χ4n) is 3.65. The van der Waals surface area contributed by atoms with E-state index in [1.807, 2.05) is 35.2 Å². The van der Waals surface area contributed by atoms with Crippen molar-refractivity contribution in [3.8, 4) is 11.3 Å². The molecule has 1 saturated heterocycles. The minimum Gasteiger partial charge on any atom is -0.370 e. The first-order valence-corrected chi connectivity index (χ1v) is 11.9. The van der Waals surface area contributed by atoms with Gasteiger partial charge in [-0.25, -0.2) is 4.68 Å². The Hall–Kier alpha value is -2.25. The predicted octanol–water partition coefficient (Wildman–Crippen LogP) is 3.18. The van der Waals surface area contributed by atoms with Gasteiger partial charge in [-0.2, -0.15) is 5.10 Å². The second-order valence-electron chi connectivity index (χ2n) is 7.82. The van der Waals surface area contributed by atoms with Crippen molar-refractivity contribution in [1.29, 1.82) is 0 Å². The largest absolute Gasteiger partial charge is 0.370 e.